The van der Waals surface area contributed by atoms with Crippen molar-refractivity contribution in [2.24, 2.45) is 0 Å². The van der Waals surface area contributed by atoms with E-state index < -0.39 is 5.54 Å². The maximum absolute atomic E-state index is 12.1. The number of nitrogens with one attached hydrogen (secondary N) is 1. The van der Waals surface area contributed by atoms with E-state index in [1.807, 2.05) is 6.92 Å². The molecule has 124 valence electrons. The number of piperazine rings is 1. The number of carbonyl (C=O) groups excluding carboxylic acids is 1. The zero-order valence-corrected chi connectivity index (χ0v) is 14.4. The molecule has 5 heteroatoms. The second-order valence-corrected chi connectivity index (χ2v) is 6.32. The smallest absolute Gasteiger partial charge is 0.327 e. The fourth-order valence-electron chi connectivity index (χ4n) is 2.89. The molecule has 21 heavy (non-hydrogen) atoms. The van der Waals surface area contributed by atoms with E-state index in [1.165, 1.54) is 13.5 Å². The first kappa shape index (κ1) is 18.4. The van der Waals surface area contributed by atoms with Gasteiger partial charge in [-0.1, -0.05) is 13.8 Å². The summed E-state index contributed by atoms with van der Waals surface area (Å²) in [5.74, 6) is -0.166. The molecule has 0 aliphatic carbocycles. The Labute approximate surface area is 130 Å². The first-order valence-electron chi connectivity index (χ1n) is 8.26. The lowest BCUT2D eigenvalue weighted by molar-refractivity contribution is -0.149. The van der Waals surface area contributed by atoms with Crippen molar-refractivity contribution in [1.29, 1.82) is 0 Å². The molecule has 0 spiro atoms. The number of carbonyl (C=O) groups is 1. The molecule has 2 unspecified atom stereocenters. The first-order valence-corrected chi connectivity index (χ1v) is 8.26. The van der Waals surface area contributed by atoms with Crippen LogP contribution in [0.5, 0.6) is 0 Å². The summed E-state index contributed by atoms with van der Waals surface area (Å²) in [6.07, 6.45) is 2.20. The molecule has 0 saturated carbocycles. The number of rotatable bonds is 8. The van der Waals surface area contributed by atoms with Crippen molar-refractivity contribution < 1.29 is 9.53 Å². The highest BCUT2D eigenvalue weighted by Crippen LogP contribution is 2.14. The third kappa shape index (κ3) is 5.24. The van der Waals surface area contributed by atoms with Gasteiger partial charge >= 0.3 is 5.97 Å². The zero-order chi connectivity index (χ0) is 15.9. The van der Waals surface area contributed by atoms with Crippen molar-refractivity contribution in [3.8, 4) is 0 Å². The highest BCUT2D eigenvalue weighted by atomic mass is 16.5. The number of ether oxygens (including phenoxy) is 1. The summed E-state index contributed by atoms with van der Waals surface area (Å²) >= 11 is 0. The Morgan fingerprint density at radius 3 is 2.38 bits per heavy atom. The molecule has 0 bridgehead atoms. The van der Waals surface area contributed by atoms with E-state index in [1.54, 1.807) is 0 Å². The molecular formula is C16H33N3O2. The Balaban J connectivity index is 2.55. The van der Waals surface area contributed by atoms with E-state index in [0.717, 1.165) is 39.1 Å². The predicted octanol–water partition coefficient (Wildman–Crippen LogP) is 1.33. The lowest BCUT2D eigenvalue weighted by Gasteiger charge is -2.41. The fourth-order valence-corrected chi connectivity index (χ4v) is 2.89. The molecule has 2 atom stereocenters. The van der Waals surface area contributed by atoms with Gasteiger partial charge in [-0.2, -0.15) is 0 Å². The van der Waals surface area contributed by atoms with E-state index in [2.05, 4.69) is 35.9 Å². The number of hydrogen-bond acceptors (Lipinski definition) is 5. The Morgan fingerprint density at radius 2 is 1.90 bits per heavy atom. The van der Waals surface area contributed by atoms with Gasteiger partial charge < -0.3 is 10.1 Å². The van der Waals surface area contributed by atoms with Gasteiger partial charge in [-0.15, -0.1) is 0 Å². The lowest BCUT2D eigenvalue weighted by atomic mass is 10.0. The molecule has 0 aromatic carbocycles. The van der Waals surface area contributed by atoms with Crippen molar-refractivity contribution in [3.05, 3.63) is 0 Å². The Kier molecular flexibility index (Phi) is 7.63. The highest BCUT2D eigenvalue weighted by Gasteiger charge is 2.36. The van der Waals surface area contributed by atoms with Gasteiger partial charge in [0.15, 0.2) is 0 Å². The van der Waals surface area contributed by atoms with Crippen LogP contribution in [0.4, 0.5) is 0 Å². The van der Waals surface area contributed by atoms with E-state index in [4.69, 9.17) is 4.74 Å². The van der Waals surface area contributed by atoms with E-state index >= 15 is 0 Å². The fraction of sp³-hybridized carbons (Fsp3) is 0.938. The van der Waals surface area contributed by atoms with Crippen LogP contribution >= 0.6 is 0 Å². The second kappa shape index (κ2) is 8.71. The molecule has 1 saturated heterocycles. The van der Waals surface area contributed by atoms with Crippen LogP contribution in [-0.4, -0.2) is 73.7 Å². The molecular weight excluding hydrogens is 266 g/mol. The minimum absolute atomic E-state index is 0.166. The Morgan fingerprint density at radius 1 is 1.29 bits per heavy atom. The van der Waals surface area contributed by atoms with Crippen LogP contribution in [0.1, 0.15) is 40.5 Å². The van der Waals surface area contributed by atoms with Crippen LogP contribution in [-0.2, 0) is 9.53 Å². The van der Waals surface area contributed by atoms with Gasteiger partial charge in [-0.05, 0) is 33.2 Å². The number of methoxy groups -OCH3 is 1. The van der Waals surface area contributed by atoms with Crippen LogP contribution in [0.15, 0.2) is 0 Å². The Bertz CT molecular complexity index is 317. The summed E-state index contributed by atoms with van der Waals surface area (Å²) in [7, 11) is 1.47. The molecule has 0 aromatic rings. The zero-order valence-electron chi connectivity index (χ0n) is 14.4. The van der Waals surface area contributed by atoms with Crippen molar-refractivity contribution in [2.45, 2.75) is 52.1 Å². The molecule has 1 heterocycles. The largest absolute Gasteiger partial charge is 0.468 e. The molecule has 1 aliphatic heterocycles. The standard InChI is InChI=1S/C16H33N3O2/c1-6-8-17-16(4,15(20)21-5)13-18-9-11-19(12-10-18)14(3)7-2/h14,17H,6-13H2,1-5H3. The van der Waals surface area contributed by atoms with Gasteiger partial charge in [-0.25, -0.2) is 0 Å². The topological polar surface area (TPSA) is 44.8 Å². The summed E-state index contributed by atoms with van der Waals surface area (Å²) in [5, 5.41) is 3.36. The molecule has 0 aromatic heterocycles. The average Bonchev–Trinajstić information content (AvgIpc) is 2.52. The summed E-state index contributed by atoms with van der Waals surface area (Å²) < 4.78 is 4.99. The van der Waals surface area contributed by atoms with Gasteiger partial charge in [0, 0.05) is 38.8 Å². The van der Waals surface area contributed by atoms with Gasteiger partial charge in [0.2, 0.25) is 0 Å². The maximum Gasteiger partial charge on any atom is 0.327 e. The Hall–Kier alpha value is -0.650. The van der Waals surface area contributed by atoms with Crippen molar-refractivity contribution in [3.63, 3.8) is 0 Å². The minimum atomic E-state index is -0.608. The lowest BCUT2D eigenvalue weighted by Crippen LogP contribution is -2.60. The quantitative estimate of drug-likeness (QED) is 0.685. The van der Waals surface area contributed by atoms with Crippen LogP contribution in [0.25, 0.3) is 0 Å². The molecule has 1 N–H and O–H groups in total. The first-order chi connectivity index (χ1) is 9.96. The normalized spacial score (nSPS) is 21.8. The third-order valence-electron chi connectivity index (χ3n) is 4.56. The number of esters is 1. The van der Waals surface area contributed by atoms with Crippen LogP contribution in [0.3, 0.4) is 0 Å². The summed E-state index contributed by atoms with van der Waals surface area (Å²) in [6, 6.07) is 0.650. The van der Waals surface area contributed by atoms with Crippen molar-refractivity contribution in [1.82, 2.24) is 15.1 Å². The van der Waals surface area contributed by atoms with Crippen molar-refractivity contribution in [2.75, 3.05) is 46.4 Å². The second-order valence-electron chi connectivity index (χ2n) is 6.32. The number of hydrogen-bond donors (Lipinski definition) is 1. The van der Waals surface area contributed by atoms with Crippen LogP contribution in [0.2, 0.25) is 0 Å². The average molecular weight is 299 g/mol. The van der Waals surface area contributed by atoms with Gasteiger partial charge in [0.05, 0.1) is 7.11 Å². The predicted molar refractivity (Wildman–Crippen MR) is 86.5 cm³/mol. The molecule has 5 nitrogen and oxygen atoms in total. The van der Waals surface area contributed by atoms with Crippen molar-refractivity contribution >= 4 is 5.97 Å². The summed E-state index contributed by atoms with van der Waals surface area (Å²) in [4.78, 5) is 17.0. The minimum Gasteiger partial charge on any atom is -0.468 e. The summed E-state index contributed by atoms with van der Waals surface area (Å²) in [5.41, 5.74) is -0.608. The monoisotopic (exact) mass is 299 g/mol. The van der Waals surface area contributed by atoms with Gasteiger partial charge in [0.1, 0.15) is 5.54 Å². The van der Waals surface area contributed by atoms with Gasteiger partial charge in [-0.3, -0.25) is 14.6 Å². The van der Waals surface area contributed by atoms with Crippen LogP contribution < -0.4 is 5.32 Å². The molecule has 1 rings (SSSR count). The van der Waals surface area contributed by atoms with Crippen LogP contribution in [0, 0.1) is 0 Å². The highest BCUT2D eigenvalue weighted by molar-refractivity contribution is 5.80. The molecule has 1 fully saturated rings. The molecule has 1 aliphatic rings. The molecule has 0 amide bonds. The summed E-state index contributed by atoms with van der Waals surface area (Å²) in [6.45, 7) is 14.3. The van der Waals surface area contributed by atoms with E-state index in [9.17, 15) is 4.79 Å². The van der Waals surface area contributed by atoms with E-state index in [-0.39, 0.29) is 5.97 Å². The number of nitrogens with zero attached hydrogens (tertiary/aromatic N) is 2. The third-order valence-corrected chi connectivity index (χ3v) is 4.56. The molecule has 0 radical (unpaired) electrons. The SMILES string of the molecule is CCCNC(C)(CN1CCN(C(C)CC)CC1)C(=O)OC. The van der Waals surface area contributed by atoms with Gasteiger partial charge in [0.25, 0.3) is 0 Å². The maximum atomic E-state index is 12.1. The van der Waals surface area contributed by atoms with E-state index in [0.29, 0.717) is 12.6 Å².